The Bertz CT molecular complexity index is 1240. The lowest BCUT2D eigenvalue weighted by Crippen LogP contribution is -2.65. The second-order valence-electron chi connectivity index (χ2n) is 12.9. The maximum atomic E-state index is 13.5. The Hall–Kier alpha value is -3.13. The number of aliphatic hydroxyl groups is 7. The zero-order valence-electron chi connectivity index (χ0n) is 28.5. The molecule has 3 rings (SSSR count). The molecular weight excluding hydrogens is 688 g/mol. The smallest absolute Gasteiger partial charge is 0.245 e. The molecule has 16 unspecified atom stereocenters. The molecule has 0 aromatic heterocycles. The van der Waals surface area contributed by atoms with Crippen LogP contribution in [-0.2, 0) is 42.9 Å². The summed E-state index contributed by atoms with van der Waals surface area (Å²) in [5.74, 6) is -3.77. The molecule has 0 aromatic rings. The first kappa shape index (κ1) is 42.3. The Balaban J connectivity index is 1.76. The van der Waals surface area contributed by atoms with Crippen LogP contribution in [0.5, 0.6) is 0 Å². The number of hydrogen-bond donors (Lipinski definition) is 12. The van der Waals surface area contributed by atoms with E-state index < -0.39 is 140 Å². The van der Waals surface area contributed by atoms with Crippen molar-refractivity contribution in [3.63, 3.8) is 0 Å². The summed E-state index contributed by atoms with van der Waals surface area (Å²) in [6, 6.07) is -5.68. The summed E-state index contributed by atoms with van der Waals surface area (Å²) in [6.07, 6.45) is -18.3. The fourth-order valence-corrected chi connectivity index (χ4v) is 5.69. The first-order valence-electron chi connectivity index (χ1n) is 16.3. The normalized spacial score (nSPS) is 36.4. The minimum atomic E-state index is -1.90. The summed E-state index contributed by atoms with van der Waals surface area (Å²) in [7, 11) is 0. The average Bonchev–Trinajstić information content (AvgIpc) is 3.51. The number of nitrogens with two attached hydrogens (primary N) is 2. The van der Waals surface area contributed by atoms with Crippen LogP contribution < -0.4 is 27.4 Å². The second kappa shape index (κ2) is 18.1. The molecule has 0 radical (unpaired) electrons. The molecule has 3 fully saturated rings. The molecule has 0 spiro atoms. The Labute approximate surface area is 292 Å². The predicted molar refractivity (Wildman–Crippen MR) is 167 cm³/mol. The van der Waals surface area contributed by atoms with Crippen LogP contribution >= 0.6 is 0 Å². The summed E-state index contributed by atoms with van der Waals surface area (Å²) in [5, 5.41) is 79.1. The Morgan fingerprint density at radius 3 is 1.86 bits per heavy atom. The molecule has 51 heavy (non-hydrogen) atoms. The average molecular weight is 739 g/mol. The number of aliphatic hydroxyl groups excluding tert-OH is 7. The molecule has 0 bridgehead atoms. The van der Waals surface area contributed by atoms with Crippen LogP contribution in [0.3, 0.4) is 0 Å². The van der Waals surface area contributed by atoms with Gasteiger partial charge in [0.15, 0.2) is 12.6 Å². The summed E-state index contributed by atoms with van der Waals surface area (Å²) < 4.78 is 22.4. The zero-order chi connectivity index (χ0) is 38.5. The van der Waals surface area contributed by atoms with Crippen LogP contribution in [0.4, 0.5) is 0 Å². The van der Waals surface area contributed by atoms with Crippen LogP contribution in [0.2, 0.25) is 0 Å². The minimum Gasteiger partial charge on any atom is -0.394 e. The van der Waals surface area contributed by atoms with Crippen molar-refractivity contribution in [2.45, 2.75) is 132 Å². The molecule has 3 aliphatic heterocycles. The molecule has 292 valence electrons. The van der Waals surface area contributed by atoms with Crippen molar-refractivity contribution in [3.8, 4) is 0 Å². The number of nitrogens with zero attached hydrogens (tertiary/aromatic N) is 1. The van der Waals surface area contributed by atoms with E-state index in [2.05, 4.69) is 16.0 Å². The quantitative estimate of drug-likeness (QED) is 0.0787. The third-order valence-corrected chi connectivity index (χ3v) is 8.82. The van der Waals surface area contributed by atoms with Gasteiger partial charge in [-0.2, -0.15) is 0 Å². The van der Waals surface area contributed by atoms with Crippen LogP contribution in [-0.4, -0.2) is 188 Å². The number of rotatable bonds is 14. The second-order valence-corrected chi connectivity index (χ2v) is 12.9. The fraction of sp³-hybridized carbons (Fsp3) is 0.828. The van der Waals surface area contributed by atoms with E-state index in [1.807, 2.05) is 0 Å². The number of ether oxygens (including phenoxy) is 4. The number of carbonyl (C=O) groups excluding carboxylic acids is 5. The first-order valence-corrected chi connectivity index (χ1v) is 16.3. The van der Waals surface area contributed by atoms with E-state index in [1.165, 1.54) is 27.7 Å². The van der Waals surface area contributed by atoms with Gasteiger partial charge in [0.2, 0.25) is 29.5 Å². The van der Waals surface area contributed by atoms with Crippen molar-refractivity contribution in [2.24, 2.45) is 11.5 Å². The van der Waals surface area contributed by atoms with Gasteiger partial charge in [-0.1, -0.05) is 0 Å². The molecule has 22 nitrogen and oxygen atoms in total. The standard InChI is InChI=1S/C29H50N6O16/c1-9(30)24(44)34-12(4)27(47)35-6-13(5-14(35)26(46)33-11(3)25(45)32-10(2)23(31)43)48-28-21(42)19(40)22(16(8-37)50-28)51-29-20(41)18(39)17(38)15(7-36)49-29/h9-22,28-29,36-42H,5-8,30H2,1-4H3,(H2,31,43)(H,32,45)(H,33,46)(H,34,44). The van der Waals surface area contributed by atoms with E-state index >= 15 is 0 Å². The maximum Gasteiger partial charge on any atom is 0.245 e. The molecule has 3 heterocycles. The van der Waals surface area contributed by atoms with E-state index in [9.17, 15) is 59.7 Å². The lowest BCUT2D eigenvalue weighted by molar-refractivity contribution is -0.362. The molecule has 5 amide bonds. The largest absolute Gasteiger partial charge is 0.394 e. The van der Waals surface area contributed by atoms with Crippen molar-refractivity contribution in [1.82, 2.24) is 20.9 Å². The maximum absolute atomic E-state index is 13.5. The van der Waals surface area contributed by atoms with Crippen LogP contribution in [0.1, 0.15) is 34.1 Å². The SMILES string of the molecule is CC(N)C(=O)NC(C)C(=O)N1CC(OC2OC(CO)C(OC3OC(CO)C(O)C(O)C3O)C(O)C2O)CC1C(=O)NC(C)C(=O)NC(C)C(N)=O. The number of likely N-dealkylation sites (tertiary alicyclic amines) is 1. The Morgan fingerprint density at radius 1 is 0.745 bits per heavy atom. The first-order chi connectivity index (χ1) is 23.8. The van der Waals surface area contributed by atoms with Gasteiger partial charge in [-0.15, -0.1) is 0 Å². The molecule has 3 saturated heterocycles. The van der Waals surface area contributed by atoms with Gasteiger partial charge in [-0.3, -0.25) is 24.0 Å². The van der Waals surface area contributed by atoms with Gasteiger partial charge < -0.3 is 87.0 Å². The predicted octanol–water partition coefficient (Wildman–Crippen LogP) is -8.06. The molecule has 22 heteroatoms. The lowest BCUT2D eigenvalue weighted by atomic mass is 9.97. The van der Waals surface area contributed by atoms with Gasteiger partial charge in [0.1, 0.15) is 73.0 Å². The van der Waals surface area contributed by atoms with Gasteiger partial charge >= 0.3 is 0 Å². The number of nitrogens with one attached hydrogen (secondary N) is 3. The van der Waals surface area contributed by atoms with E-state index in [1.54, 1.807) is 0 Å². The summed E-state index contributed by atoms with van der Waals surface area (Å²) in [6.45, 7) is 3.51. The van der Waals surface area contributed by atoms with Gasteiger partial charge in [0.05, 0.1) is 25.4 Å². The van der Waals surface area contributed by atoms with Crippen molar-refractivity contribution < 1.29 is 78.7 Å². The minimum absolute atomic E-state index is 0.241. The highest BCUT2D eigenvalue weighted by Gasteiger charge is 2.52. The van der Waals surface area contributed by atoms with Crippen LogP contribution in [0, 0.1) is 0 Å². The highest BCUT2D eigenvalue weighted by molar-refractivity contribution is 5.95. The third kappa shape index (κ3) is 10.1. The molecule has 0 aliphatic carbocycles. The number of hydrogen-bond acceptors (Lipinski definition) is 17. The number of carbonyl (C=O) groups is 5. The third-order valence-electron chi connectivity index (χ3n) is 8.82. The zero-order valence-corrected chi connectivity index (χ0v) is 28.5. The molecule has 3 aliphatic rings. The van der Waals surface area contributed by atoms with E-state index in [-0.39, 0.29) is 13.0 Å². The van der Waals surface area contributed by atoms with Crippen molar-refractivity contribution in [1.29, 1.82) is 0 Å². The Kier molecular flexibility index (Phi) is 15.0. The van der Waals surface area contributed by atoms with E-state index in [0.29, 0.717) is 0 Å². The Morgan fingerprint density at radius 2 is 1.29 bits per heavy atom. The van der Waals surface area contributed by atoms with Gasteiger partial charge in [0.25, 0.3) is 0 Å². The van der Waals surface area contributed by atoms with E-state index in [4.69, 9.17) is 30.4 Å². The molecule has 0 saturated carbocycles. The number of amides is 5. The summed E-state index contributed by atoms with van der Waals surface area (Å²) in [5.41, 5.74) is 10.8. The van der Waals surface area contributed by atoms with Crippen molar-refractivity contribution in [2.75, 3.05) is 19.8 Å². The van der Waals surface area contributed by atoms with E-state index in [0.717, 1.165) is 4.90 Å². The monoisotopic (exact) mass is 738 g/mol. The van der Waals surface area contributed by atoms with Gasteiger partial charge in [-0.05, 0) is 27.7 Å². The van der Waals surface area contributed by atoms with Crippen LogP contribution in [0.25, 0.3) is 0 Å². The van der Waals surface area contributed by atoms with Gasteiger partial charge in [-0.25, -0.2) is 0 Å². The highest BCUT2D eigenvalue weighted by Crippen LogP contribution is 2.32. The molecule has 0 aromatic carbocycles. The van der Waals surface area contributed by atoms with Crippen LogP contribution in [0.15, 0.2) is 0 Å². The summed E-state index contributed by atoms with van der Waals surface area (Å²) >= 11 is 0. The summed E-state index contributed by atoms with van der Waals surface area (Å²) in [4.78, 5) is 64.1. The molecular formula is C29H50N6O16. The molecule has 16 atom stereocenters. The number of primary amides is 1. The highest BCUT2D eigenvalue weighted by atomic mass is 16.7. The lowest BCUT2D eigenvalue weighted by Gasteiger charge is -2.46. The van der Waals surface area contributed by atoms with Gasteiger partial charge in [0, 0.05) is 13.0 Å². The topological polar surface area (TPSA) is 355 Å². The van der Waals surface area contributed by atoms with Crippen molar-refractivity contribution >= 4 is 29.5 Å². The molecule has 14 N–H and O–H groups in total. The fourth-order valence-electron chi connectivity index (χ4n) is 5.69. The van der Waals surface area contributed by atoms with Crippen molar-refractivity contribution in [3.05, 3.63) is 0 Å².